The summed E-state index contributed by atoms with van der Waals surface area (Å²) < 4.78 is 0. The van der Waals surface area contributed by atoms with Crippen LogP contribution in [0.4, 0.5) is 0 Å². The van der Waals surface area contributed by atoms with Crippen LogP contribution in [-0.2, 0) is 0 Å². The van der Waals surface area contributed by atoms with E-state index < -0.39 is 0 Å². The Morgan fingerprint density at radius 3 is 2.92 bits per heavy atom. The van der Waals surface area contributed by atoms with Crippen LogP contribution in [-0.4, -0.2) is 6.04 Å². The second kappa shape index (κ2) is 5.36. The van der Waals surface area contributed by atoms with E-state index in [0.29, 0.717) is 12.0 Å². The molecule has 0 radical (unpaired) electrons. The molecule has 0 saturated carbocycles. The lowest BCUT2D eigenvalue weighted by molar-refractivity contribution is 0.707. The van der Waals surface area contributed by atoms with E-state index in [9.17, 15) is 0 Å². The lowest BCUT2D eigenvalue weighted by Gasteiger charge is -2.14. The van der Waals surface area contributed by atoms with Crippen LogP contribution in [0, 0.1) is 5.92 Å². The Kier molecular flexibility index (Phi) is 4.41. The zero-order chi connectivity index (χ0) is 9.68. The molecule has 3 unspecified atom stereocenters. The molecule has 1 nitrogen and oxygen atoms in total. The van der Waals surface area contributed by atoms with Gasteiger partial charge in [0.05, 0.1) is 0 Å². The topological polar surface area (TPSA) is 12.0 Å². The minimum absolute atomic E-state index is 0.455. The molecule has 0 aliphatic heterocycles. The van der Waals surface area contributed by atoms with Crippen molar-refractivity contribution in [1.29, 1.82) is 0 Å². The van der Waals surface area contributed by atoms with Gasteiger partial charge in [0.1, 0.15) is 0 Å². The summed E-state index contributed by atoms with van der Waals surface area (Å²) in [5.41, 5.74) is 1.36. The van der Waals surface area contributed by atoms with Gasteiger partial charge in [-0.15, -0.1) is 0 Å². The molecule has 0 spiro atoms. The maximum Gasteiger partial charge on any atom is 0.0348 e. The molecular weight excluding hydrogens is 177 g/mol. The summed E-state index contributed by atoms with van der Waals surface area (Å²) in [6, 6.07) is 0.455. The van der Waals surface area contributed by atoms with Crippen molar-refractivity contribution in [2.45, 2.75) is 26.3 Å². The maximum absolute atomic E-state index is 3.23. The minimum atomic E-state index is 0.455. The van der Waals surface area contributed by atoms with Gasteiger partial charge in [0.15, 0.2) is 0 Å². The van der Waals surface area contributed by atoms with Crippen molar-refractivity contribution in [2.75, 3.05) is 0 Å². The molecular formula is C11H18NP. The van der Waals surface area contributed by atoms with Crippen molar-refractivity contribution in [3.63, 3.8) is 0 Å². The van der Waals surface area contributed by atoms with Crippen LogP contribution in [0.15, 0.2) is 36.0 Å². The summed E-state index contributed by atoms with van der Waals surface area (Å²) in [4.78, 5) is 0. The predicted octanol–water partition coefficient (Wildman–Crippen LogP) is 2.83. The molecule has 0 saturated heterocycles. The van der Waals surface area contributed by atoms with E-state index in [1.165, 1.54) is 5.57 Å². The van der Waals surface area contributed by atoms with Crippen molar-refractivity contribution in [2.24, 2.45) is 5.92 Å². The fourth-order valence-corrected chi connectivity index (χ4v) is 1.83. The van der Waals surface area contributed by atoms with E-state index in [-0.39, 0.29) is 0 Å². The molecule has 0 aromatic carbocycles. The third-order valence-corrected chi connectivity index (χ3v) is 2.71. The number of rotatable bonds is 3. The number of nitrogens with one attached hydrogen (secondary N) is 1. The Morgan fingerprint density at radius 2 is 2.31 bits per heavy atom. The molecule has 0 aromatic heterocycles. The normalized spacial score (nSPS) is 23.9. The summed E-state index contributed by atoms with van der Waals surface area (Å²) in [5, 5.41) is 3.23. The van der Waals surface area contributed by atoms with Crippen LogP contribution >= 0.6 is 9.39 Å². The Labute approximate surface area is 83.2 Å². The molecule has 2 heteroatoms. The van der Waals surface area contributed by atoms with Crippen molar-refractivity contribution in [3.05, 3.63) is 36.0 Å². The van der Waals surface area contributed by atoms with Gasteiger partial charge in [0, 0.05) is 6.04 Å². The third kappa shape index (κ3) is 3.10. The maximum atomic E-state index is 3.23. The van der Waals surface area contributed by atoms with E-state index in [1.54, 1.807) is 0 Å². The van der Waals surface area contributed by atoms with Gasteiger partial charge < -0.3 is 0 Å². The number of allylic oxidation sites excluding steroid dienone is 4. The zero-order valence-electron chi connectivity index (χ0n) is 8.33. The monoisotopic (exact) mass is 195 g/mol. The van der Waals surface area contributed by atoms with Crippen LogP contribution in [0.2, 0.25) is 0 Å². The fraction of sp³-hybridized carbons (Fsp3) is 0.455. The molecule has 0 amide bonds. The fourth-order valence-electron chi connectivity index (χ4n) is 1.41. The van der Waals surface area contributed by atoms with Crippen molar-refractivity contribution in [3.8, 4) is 0 Å². The summed E-state index contributed by atoms with van der Waals surface area (Å²) in [7, 11) is 2.59. The highest BCUT2D eigenvalue weighted by molar-refractivity contribution is 7.13. The molecule has 0 fully saturated rings. The SMILES string of the molecule is CCC(NP)C1=CC=CC(C)C=C1. The van der Waals surface area contributed by atoms with E-state index in [4.69, 9.17) is 0 Å². The lowest BCUT2D eigenvalue weighted by atomic mass is 10.0. The van der Waals surface area contributed by atoms with Gasteiger partial charge in [-0.3, -0.25) is 5.09 Å². The molecule has 72 valence electrons. The van der Waals surface area contributed by atoms with E-state index >= 15 is 0 Å². The summed E-state index contributed by atoms with van der Waals surface area (Å²) in [6.07, 6.45) is 12.1. The van der Waals surface area contributed by atoms with Crippen molar-refractivity contribution < 1.29 is 0 Å². The quantitative estimate of drug-likeness (QED) is 0.683. The Bertz CT molecular complexity index is 236. The van der Waals surface area contributed by atoms with Crippen LogP contribution in [0.3, 0.4) is 0 Å². The first-order valence-electron chi connectivity index (χ1n) is 4.80. The summed E-state index contributed by atoms with van der Waals surface area (Å²) in [5.74, 6) is 0.552. The van der Waals surface area contributed by atoms with Gasteiger partial charge in [-0.05, 0) is 17.9 Å². The smallest absolute Gasteiger partial charge is 0.0348 e. The van der Waals surface area contributed by atoms with Gasteiger partial charge in [-0.2, -0.15) is 0 Å². The highest BCUT2D eigenvalue weighted by Crippen LogP contribution is 2.15. The minimum Gasteiger partial charge on any atom is -0.294 e. The van der Waals surface area contributed by atoms with Crippen LogP contribution in [0.5, 0.6) is 0 Å². The average Bonchev–Trinajstić information content (AvgIpc) is 2.34. The van der Waals surface area contributed by atoms with Crippen LogP contribution in [0.1, 0.15) is 20.3 Å². The van der Waals surface area contributed by atoms with Crippen LogP contribution in [0.25, 0.3) is 0 Å². The van der Waals surface area contributed by atoms with E-state index in [2.05, 4.69) is 58.7 Å². The standard InChI is InChI=1S/C11H18NP/c1-3-11(12-13)10-6-4-5-9(2)7-8-10/h4-9,11-12H,3,13H2,1-2H3. The Balaban J connectivity index is 2.74. The molecule has 0 aromatic rings. The average molecular weight is 195 g/mol. The third-order valence-electron chi connectivity index (χ3n) is 2.31. The highest BCUT2D eigenvalue weighted by atomic mass is 31.0. The van der Waals surface area contributed by atoms with Gasteiger partial charge in [-0.25, -0.2) is 0 Å². The first-order valence-corrected chi connectivity index (χ1v) is 5.38. The van der Waals surface area contributed by atoms with Gasteiger partial charge >= 0.3 is 0 Å². The van der Waals surface area contributed by atoms with Gasteiger partial charge in [-0.1, -0.05) is 53.6 Å². The second-order valence-electron chi connectivity index (χ2n) is 3.40. The van der Waals surface area contributed by atoms with Crippen molar-refractivity contribution >= 4 is 9.39 Å². The number of hydrogen-bond acceptors (Lipinski definition) is 1. The molecule has 3 atom stereocenters. The van der Waals surface area contributed by atoms with Gasteiger partial charge in [0.2, 0.25) is 0 Å². The summed E-state index contributed by atoms with van der Waals surface area (Å²) >= 11 is 0. The van der Waals surface area contributed by atoms with Crippen LogP contribution < -0.4 is 5.09 Å². The molecule has 0 bridgehead atoms. The van der Waals surface area contributed by atoms with Gasteiger partial charge in [0.25, 0.3) is 0 Å². The second-order valence-corrected chi connectivity index (χ2v) is 3.73. The molecule has 13 heavy (non-hydrogen) atoms. The molecule has 1 N–H and O–H groups in total. The Hall–Kier alpha value is -0.390. The predicted molar refractivity (Wildman–Crippen MR) is 62.5 cm³/mol. The summed E-state index contributed by atoms with van der Waals surface area (Å²) in [6.45, 7) is 4.38. The molecule has 0 heterocycles. The largest absolute Gasteiger partial charge is 0.294 e. The zero-order valence-corrected chi connectivity index (χ0v) is 9.48. The number of hydrogen-bond donors (Lipinski definition) is 1. The Morgan fingerprint density at radius 1 is 1.54 bits per heavy atom. The molecule has 1 rings (SSSR count). The van der Waals surface area contributed by atoms with E-state index in [1.807, 2.05) is 0 Å². The first kappa shape index (κ1) is 10.7. The highest BCUT2D eigenvalue weighted by Gasteiger charge is 2.07. The van der Waals surface area contributed by atoms with E-state index in [0.717, 1.165) is 6.42 Å². The lowest BCUT2D eigenvalue weighted by Crippen LogP contribution is -2.20. The molecule has 1 aliphatic carbocycles. The molecule has 1 aliphatic rings. The van der Waals surface area contributed by atoms with Crippen molar-refractivity contribution in [1.82, 2.24) is 5.09 Å². The first-order chi connectivity index (χ1) is 6.27.